The van der Waals surface area contributed by atoms with Crippen molar-refractivity contribution >= 4 is 21.8 Å². The largest absolute Gasteiger partial charge is 0.381 e. The lowest BCUT2D eigenvalue weighted by atomic mass is 9.79. The van der Waals surface area contributed by atoms with Gasteiger partial charge in [-0.05, 0) is 68.6 Å². The first kappa shape index (κ1) is 18.9. The van der Waals surface area contributed by atoms with E-state index in [4.69, 9.17) is 4.74 Å². The van der Waals surface area contributed by atoms with Crippen LogP contribution in [0.25, 0.3) is 0 Å². The zero-order valence-corrected chi connectivity index (χ0v) is 16.9. The van der Waals surface area contributed by atoms with Gasteiger partial charge in [0, 0.05) is 31.7 Å². The summed E-state index contributed by atoms with van der Waals surface area (Å²) in [5.41, 5.74) is 2.05. The number of aryl methyl sites for hydroxylation is 1. The standard InChI is InChI=1S/C18H29BrN4O2/c1-14-17(19)15(2)23(21-14)11-16(24)20-12-18(5-9-25-10-6-18)13-22-7-3-4-8-22/h3-13H2,1-2H3,(H,20,24). The Hall–Kier alpha value is -0.920. The van der Waals surface area contributed by atoms with E-state index >= 15 is 0 Å². The molecule has 0 aliphatic carbocycles. The van der Waals surface area contributed by atoms with Crippen molar-refractivity contribution in [3.8, 4) is 0 Å². The minimum absolute atomic E-state index is 0.0328. The van der Waals surface area contributed by atoms with Crippen LogP contribution < -0.4 is 5.32 Å². The normalized spacial score (nSPS) is 20.8. The Labute approximate surface area is 158 Å². The maximum absolute atomic E-state index is 12.5. The molecule has 0 radical (unpaired) electrons. The minimum Gasteiger partial charge on any atom is -0.381 e. The molecule has 0 saturated carbocycles. The van der Waals surface area contributed by atoms with Crippen molar-refractivity contribution in [1.29, 1.82) is 0 Å². The van der Waals surface area contributed by atoms with Gasteiger partial charge in [-0.25, -0.2) is 0 Å². The first-order valence-electron chi connectivity index (χ1n) is 9.25. The second-order valence-corrected chi connectivity index (χ2v) is 8.31. The molecule has 1 N–H and O–H groups in total. The number of nitrogens with zero attached hydrogens (tertiary/aromatic N) is 3. The van der Waals surface area contributed by atoms with E-state index in [0.717, 1.165) is 55.0 Å². The minimum atomic E-state index is 0.0328. The van der Waals surface area contributed by atoms with Crippen LogP contribution in [0.1, 0.15) is 37.1 Å². The number of hydrogen-bond acceptors (Lipinski definition) is 4. The molecule has 1 amide bonds. The van der Waals surface area contributed by atoms with Crippen molar-refractivity contribution in [2.24, 2.45) is 5.41 Å². The van der Waals surface area contributed by atoms with Crippen LogP contribution >= 0.6 is 15.9 Å². The smallest absolute Gasteiger partial charge is 0.241 e. The molecule has 2 fully saturated rings. The highest BCUT2D eigenvalue weighted by Gasteiger charge is 2.35. The Morgan fingerprint density at radius 2 is 1.96 bits per heavy atom. The van der Waals surface area contributed by atoms with E-state index in [1.807, 2.05) is 13.8 Å². The highest BCUT2D eigenvalue weighted by Crippen LogP contribution is 2.32. The lowest BCUT2D eigenvalue weighted by molar-refractivity contribution is -0.123. The van der Waals surface area contributed by atoms with E-state index in [-0.39, 0.29) is 17.9 Å². The van der Waals surface area contributed by atoms with Crippen molar-refractivity contribution in [3.63, 3.8) is 0 Å². The Morgan fingerprint density at radius 1 is 1.28 bits per heavy atom. The fraction of sp³-hybridized carbons (Fsp3) is 0.778. The van der Waals surface area contributed by atoms with Crippen LogP contribution in [-0.2, 0) is 16.1 Å². The number of halogens is 1. The zero-order valence-electron chi connectivity index (χ0n) is 15.3. The molecule has 0 atom stereocenters. The molecule has 3 rings (SSSR count). The van der Waals surface area contributed by atoms with Gasteiger partial charge in [0.25, 0.3) is 0 Å². The fourth-order valence-electron chi connectivity index (χ4n) is 3.92. The van der Waals surface area contributed by atoms with Gasteiger partial charge < -0.3 is 15.0 Å². The first-order chi connectivity index (χ1) is 12.0. The number of amides is 1. The molecule has 2 aliphatic rings. The maximum Gasteiger partial charge on any atom is 0.241 e. The molecule has 7 heteroatoms. The van der Waals surface area contributed by atoms with E-state index in [0.29, 0.717) is 0 Å². The molecule has 1 aromatic heterocycles. The average molecular weight is 413 g/mol. The molecule has 0 bridgehead atoms. The van der Waals surface area contributed by atoms with Gasteiger partial charge in [-0.2, -0.15) is 5.10 Å². The van der Waals surface area contributed by atoms with Gasteiger partial charge in [-0.3, -0.25) is 9.48 Å². The van der Waals surface area contributed by atoms with E-state index < -0.39 is 0 Å². The van der Waals surface area contributed by atoms with E-state index in [9.17, 15) is 4.79 Å². The van der Waals surface area contributed by atoms with Gasteiger partial charge in [-0.1, -0.05) is 0 Å². The second kappa shape index (κ2) is 8.18. The molecule has 25 heavy (non-hydrogen) atoms. The molecule has 2 saturated heterocycles. The average Bonchev–Trinajstić information content (AvgIpc) is 3.19. The van der Waals surface area contributed by atoms with Crippen LogP contribution in [0, 0.1) is 19.3 Å². The van der Waals surface area contributed by atoms with Gasteiger partial charge >= 0.3 is 0 Å². The van der Waals surface area contributed by atoms with E-state index in [1.165, 1.54) is 25.9 Å². The van der Waals surface area contributed by atoms with Crippen LogP contribution in [0.15, 0.2) is 4.47 Å². The number of ether oxygens (including phenoxy) is 1. The molecule has 1 aromatic rings. The van der Waals surface area contributed by atoms with Gasteiger partial charge in [0.1, 0.15) is 6.54 Å². The number of aromatic nitrogens is 2. The number of hydrogen-bond donors (Lipinski definition) is 1. The lowest BCUT2D eigenvalue weighted by Gasteiger charge is -2.40. The SMILES string of the molecule is Cc1nn(CC(=O)NCC2(CN3CCCC3)CCOCC2)c(C)c1Br. The third-order valence-corrected chi connectivity index (χ3v) is 6.71. The molecule has 2 aliphatic heterocycles. The van der Waals surface area contributed by atoms with Crippen LogP contribution in [0.5, 0.6) is 0 Å². The summed E-state index contributed by atoms with van der Waals surface area (Å²) in [6, 6.07) is 0. The predicted octanol–water partition coefficient (Wildman–Crippen LogP) is 2.27. The van der Waals surface area contributed by atoms with E-state index in [1.54, 1.807) is 4.68 Å². The summed E-state index contributed by atoms with van der Waals surface area (Å²) in [6.07, 6.45) is 4.64. The number of carbonyl (C=O) groups is 1. The van der Waals surface area contributed by atoms with Gasteiger partial charge in [0.15, 0.2) is 0 Å². The third-order valence-electron chi connectivity index (χ3n) is 5.56. The van der Waals surface area contributed by atoms with Gasteiger partial charge in [0.05, 0.1) is 15.9 Å². The second-order valence-electron chi connectivity index (χ2n) is 7.51. The highest BCUT2D eigenvalue weighted by atomic mass is 79.9. The quantitative estimate of drug-likeness (QED) is 0.778. The number of likely N-dealkylation sites (tertiary alicyclic amines) is 1. The van der Waals surface area contributed by atoms with Crippen molar-refractivity contribution in [2.45, 2.75) is 46.1 Å². The van der Waals surface area contributed by atoms with Gasteiger partial charge in [-0.15, -0.1) is 0 Å². The molecular formula is C18H29BrN4O2. The molecule has 6 nitrogen and oxygen atoms in total. The molecule has 140 valence electrons. The molecule has 3 heterocycles. The summed E-state index contributed by atoms with van der Waals surface area (Å²) in [6.45, 7) is 9.97. The van der Waals surface area contributed by atoms with E-state index in [2.05, 4.69) is 31.2 Å². The van der Waals surface area contributed by atoms with Crippen LogP contribution in [-0.4, -0.2) is 60.0 Å². The van der Waals surface area contributed by atoms with Gasteiger partial charge in [0.2, 0.25) is 5.91 Å². The topological polar surface area (TPSA) is 59.4 Å². The van der Waals surface area contributed by atoms with Crippen molar-refractivity contribution in [2.75, 3.05) is 39.4 Å². The van der Waals surface area contributed by atoms with Crippen molar-refractivity contribution in [1.82, 2.24) is 20.0 Å². The number of carbonyl (C=O) groups excluding carboxylic acids is 1. The Morgan fingerprint density at radius 3 is 2.56 bits per heavy atom. The highest BCUT2D eigenvalue weighted by molar-refractivity contribution is 9.10. The summed E-state index contributed by atoms with van der Waals surface area (Å²) < 4.78 is 8.32. The first-order valence-corrected chi connectivity index (χ1v) is 10.0. The summed E-state index contributed by atoms with van der Waals surface area (Å²) >= 11 is 3.51. The molecule has 0 aromatic carbocycles. The Balaban J connectivity index is 1.58. The van der Waals surface area contributed by atoms with Crippen molar-refractivity contribution in [3.05, 3.63) is 15.9 Å². The Bertz CT molecular complexity index is 604. The monoisotopic (exact) mass is 412 g/mol. The Kier molecular flexibility index (Phi) is 6.17. The van der Waals surface area contributed by atoms with Crippen LogP contribution in [0.3, 0.4) is 0 Å². The van der Waals surface area contributed by atoms with Crippen LogP contribution in [0.4, 0.5) is 0 Å². The molecule has 0 unspecified atom stereocenters. The van der Waals surface area contributed by atoms with Crippen LogP contribution in [0.2, 0.25) is 0 Å². The molecule has 0 spiro atoms. The zero-order chi connectivity index (χ0) is 17.9. The number of nitrogens with one attached hydrogen (secondary N) is 1. The lowest BCUT2D eigenvalue weighted by Crippen LogP contribution is -2.48. The summed E-state index contributed by atoms with van der Waals surface area (Å²) in [7, 11) is 0. The summed E-state index contributed by atoms with van der Waals surface area (Å²) in [5.74, 6) is 0.0328. The van der Waals surface area contributed by atoms with Crippen molar-refractivity contribution < 1.29 is 9.53 Å². The number of rotatable bonds is 6. The summed E-state index contributed by atoms with van der Waals surface area (Å²) in [4.78, 5) is 15.0. The predicted molar refractivity (Wildman–Crippen MR) is 101 cm³/mol. The summed E-state index contributed by atoms with van der Waals surface area (Å²) in [5, 5.41) is 7.60. The maximum atomic E-state index is 12.5. The fourth-order valence-corrected chi connectivity index (χ4v) is 4.20. The molecular weight excluding hydrogens is 384 g/mol. The third kappa shape index (κ3) is 4.63.